The van der Waals surface area contributed by atoms with Gasteiger partial charge >= 0.3 is 12.0 Å². The topological polar surface area (TPSA) is 78.9 Å². The molecule has 0 bridgehead atoms. The van der Waals surface area contributed by atoms with E-state index in [9.17, 15) is 9.59 Å². The molecule has 2 N–H and O–H groups in total. The standard InChI is InChI=1S/C17H22N2O4/c20-16(21)12-8-9-19(11-12)17(22)18-13-4-3-7-15(10-13)23-14-5-1-2-6-14/h3-4,7,10,12,14H,1-2,5-6,8-9,11H2,(H,18,22)(H,20,21). The summed E-state index contributed by atoms with van der Waals surface area (Å²) < 4.78 is 5.93. The van der Waals surface area contributed by atoms with Crippen LogP contribution >= 0.6 is 0 Å². The van der Waals surface area contributed by atoms with E-state index in [1.807, 2.05) is 24.3 Å². The van der Waals surface area contributed by atoms with E-state index in [1.165, 1.54) is 12.8 Å². The Kier molecular flexibility index (Phi) is 4.69. The smallest absolute Gasteiger partial charge is 0.321 e. The SMILES string of the molecule is O=C(O)C1CCN(C(=O)Nc2cccc(OC3CCCC3)c2)C1. The van der Waals surface area contributed by atoms with Crippen LogP contribution in [0.1, 0.15) is 32.1 Å². The van der Waals surface area contributed by atoms with Crippen molar-refractivity contribution in [2.45, 2.75) is 38.2 Å². The molecule has 1 aromatic rings. The summed E-state index contributed by atoms with van der Waals surface area (Å²) >= 11 is 0. The predicted octanol–water partition coefficient (Wildman–Crippen LogP) is 2.95. The first-order valence-electron chi connectivity index (χ1n) is 8.17. The van der Waals surface area contributed by atoms with Crippen LogP contribution in [-0.4, -0.2) is 41.2 Å². The molecule has 3 rings (SSSR count). The number of anilines is 1. The summed E-state index contributed by atoms with van der Waals surface area (Å²) in [6.07, 6.45) is 5.37. The molecule has 2 aliphatic rings. The quantitative estimate of drug-likeness (QED) is 0.894. The summed E-state index contributed by atoms with van der Waals surface area (Å²) in [5.74, 6) is -0.537. The molecule has 124 valence electrons. The van der Waals surface area contributed by atoms with E-state index in [4.69, 9.17) is 9.84 Å². The van der Waals surface area contributed by atoms with Gasteiger partial charge in [0, 0.05) is 24.8 Å². The summed E-state index contributed by atoms with van der Waals surface area (Å²) in [5.41, 5.74) is 0.671. The molecule has 1 atom stereocenters. The maximum absolute atomic E-state index is 12.2. The number of benzene rings is 1. The Morgan fingerprint density at radius 3 is 2.70 bits per heavy atom. The van der Waals surface area contributed by atoms with Crippen molar-refractivity contribution < 1.29 is 19.4 Å². The van der Waals surface area contributed by atoms with Gasteiger partial charge in [-0.2, -0.15) is 0 Å². The fourth-order valence-corrected chi connectivity index (χ4v) is 3.19. The maximum atomic E-state index is 12.2. The van der Waals surface area contributed by atoms with Crippen LogP contribution in [0.2, 0.25) is 0 Å². The summed E-state index contributed by atoms with van der Waals surface area (Å²) in [6.45, 7) is 0.737. The summed E-state index contributed by atoms with van der Waals surface area (Å²) in [6, 6.07) is 7.12. The van der Waals surface area contributed by atoms with Crippen LogP contribution in [0.5, 0.6) is 5.75 Å². The molecule has 1 aromatic carbocycles. The number of carbonyl (C=O) groups is 2. The molecular weight excluding hydrogens is 296 g/mol. The Bertz CT molecular complexity index is 584. The molecule has 1 saturated heterocycles. The van der Waals surface area contributed by atoms with Crippen LogP contribution in [0.25, 0.3) is 0 Å². The molecule has 6 heteroatoms. The third-order valence-electron chi connectivity index (χ3n) is 4.51. The fraction of sp³-hybridized carbons (Fsp3) is 0.529. The predicted molar refractivity (Wildman–Crippen MR) is 85.7 cm³/mol. The highest BCUT2D eigenvalue weighted by Crippen LogP contribution is 2.26. The van der Waals surface area contributed by atoms with Gasteiger partial charge in [-0.15, -0.1) is 0 Å². The zero-order valence-electron chi connectivity index (χ0n) is 13.0. The minimum atomic E-state index is -0.840. The highest BCUT2D eigenvalue weighted by Gasteiger charge is 2.30. The molecule has 23 heavy (non-hydrogen) atoms. The van der Waals surface area contributed by atoms with Crippen LogP contribution < -0.4 is 10.1 Å². The van der Waals surface area contributed by atoms with Gasteiger partial charge in [0.2, 0.25) is 0 Å². The normalized spacial score (nSPS) is 21.4. The second-order valence-electron chi connectivity index (χ2n) is 6.25. The minimum absolute atomic E-state index is 0.258. The second-order valence-corrected chi connectivity index (χ2v) is 6.25. The first-order valence-corrected chi connectivity index (χ1v) is 8.17. The van der Waals surface area contributed by atoms with Crippen LogP contribution in [0.4, 0.5) is 10.5 Å². The summed E-state index contributed by atoms with van der Waals surface area (Å²) in [5, 5.41) is 11.8. The number of amides is 2. The molecule has 1 heterocycles. The number of carboxylic acid groups (broad SMARTS) is 1. The number of rotatable bonds is 4. The fourth-order valence-electron chi connectivity index (χ4n) is 3.19. The molecule has 0 aromatic heterocycles. The van der Waals surface area contributed by atoms with Crippen molar-refractivity contribution >= 4 is 17.7 Å². The number of carboxylic acids is 1. The summed E-state index contributed by atoms with van der Waals surface area (Å²) in [7, 11) is 0. The average molecular weight is 318 g/mol. The number of likely N-dealkylation sites (tertiary alicyclic amines) is 1. The lowest BCUT2D eigenvalue weighted by atomic mass is 10.1. The average Bonchev–Trinajstić information content (AvgIpc) is 3.18. The van der Waals surface area contributed by atoms with E-state index >= 15 is 0 Å². The van der Waals surface area contributed by atoms with Crippen molar-refractivity contribution in [1.82, 2.24) is 4.90 Å². The number of nitrogens with one attached hydrogen (secondary N) is 1. The van der Waals surface area contributed by atoms with E-state index in [0.29, 0.717) is 18.7 Å². The zero-order chi connectivity index (χ0) is 16.2. The van der Waals surface area contributed by atoms with Gasteiger partial charge in [-0.25, -0.2) is 4.79 Å². The number of aliphatic carboxylic acids is 1. The van der Waals surface area contributed by atoms with Gasteiger partial charge in [-0.05, 0) is 44.2 Å². The number of carbonyl (C=O) groups excluding carboxylic acids is 1. The maximum Gasteiger partial charge on any atom is 0.321 e. The highest BCUT2D eigenvalue weighted by molar-refractivity contribution is 5.90. The third kappa shape index (κ3) is 3.94. The number of urea groups is 1. The van der Waals surface area contributed by atoms with E-state index in [2.05, 4.69) is 5.32 Å². The second kappa shape index (κ2) is 6.89. The Balaban J connectivity index is 1.57. The minimum Gasteiger partial charge on any atom is -0.490 e. The molecular formula is C17H22N2O4. The highest BCUT2D eigenvalue weighted by atomic mass is 16.5. The molecule has 2 fully saturated rings. The third-order valence-corrected chi connectivity index (χ3v) is 4.51. The van der Waals surface area contributed by atoms with Gasteiger partial charge in [0.25, 0.3) is 0 Å². The van der Waals surface area contributed by atoms with E-state index < -0.39 is 11.9 Å². The molecule has 2 amide bonds. The molecule has 1 unspecified atom stereocenters. The molecule has 0 radical (unpaired) electrons. The Morgan fingerprint density at radius 2 is 2.00 bits per heavy atom. The van der Waals surface area contributed by atoms with Crippen molar-refractivity contribution in [3.8, 4) is 5.75 Å². The van der Waals surface area contributed by atoms with Gasteiger partial charge in [-0.3, -0.25) is 4.79 Å². The summed E-state index contributed by atoms with van der Waals surface area (Å²) in [4.78, 5) is 24.7. The van der Waals surface area contributed by atoms with Crippen molar-refractivity contribution in [1.29, 1.82) is 0 Å². The molecule has 1 aliphatic heterocycles. The van der Waals surface area contributed by atoms with Crippen LogP contribution in [0, 0.1) is 5.92 Å². The van der Waals surface area contributed by atoms with E-state index in [-0.39, 0.29) is 18.7 Å². The van der Waals surface area contributed by atoms with Gasteiger partial charge < -0.3 is 20.1 Å². The van der Waals surface area contributed by atoms with E-state index in [0.717, 1.165) is 18.6 Å². The monoisotopic (exact) mass is 318 g/mol. The Hall–Kier alpha value is -2.24. The van der Waals surface area contributed by atoms with Gasteiger partial charge in [0.05, 0.1) is 12.0 Å². The Morgan fingerprint density at radius 1 is 1.22 bits per heavy atom. The number of hydrogen-bond acceptors (Lipinski definition) is 3. The Labute approximate surface area is 135 Å². The van der Waals surface area contributed by atoms with Gasteiger partial charge in [-0.1, -0.05) is 6.07 Å². The van der Waals surface area contributed by atoms with Crippen LogP contribution in [0.3, 0.4) is 0 Å². The van der Waals surface area contributed by atoms with Crippen molar-refractivity contribution in [3.63, 3.8) is 0 Å². The first kappa shape index (κ1) is 15.6. The van der Waals surface area contributed by atoms with Crippen LogP contribution in [-0.2, 0) is 4.79 Å². The largest absolute Gasteiger partial charge is 0.490 e. The van der Waals surface area contributed by atoms with Gasteiger partial charge in [0.15, 0.2) is 0 Å². The number of ether oxygens (including phenoxy) is 1. The first-order chi connectivity index (χ1) is 11.1. The molecule has 1 saturated carbocycles. The lowest BCUT2D eigenvalue weighted by molar-refractivity contribution is -0.141. The lowest BCUT2D eigenvalue weighted by Crippen LogP contribution is -2.33. The number of hydrogen-bond donors (Lipinski definition) is 2. The molecule has 6 nitrogen and oxygen atoms in total. The van der Waals surface area contributed by atoms with Gasteiger partial charge in [0.1, 0.15) is 5.75 Å². The lowest BCUT2D eigenvalue weighted by Gasteiger charge is -2.18. The van der Waals surface area contributed by atoms with Crippen molar-refractivity contribution in [2.24, 2.45) is 5.92 Å². The van der Waals surface area contributed by atoms with Crippen LogP contribution in [0.15, 0.2) is 24.3 Å². The molecule has 0 spiro atoms. The molecule has 1 aliphatic carbocycles. The number of nitrogens with zero attached hydrogens (tertiary/aromatic N) is 1. The van der Waals surface area contributed by atoms with Crippen molar-refractivity contribution in [2.75, 3.05) is 18.4 Å². The zero-order valence-corrected chi connectivity index (χ0v) is 13.0. The van der Waals surface area contributed by atoms with Crippen molar-refractivity contribution in [3.05, 3.63) is 24.3 Å². The van der Waals surface area contributed by atoms with E-state index in [1.54, 1.807) is 4.90 Å².